The van der Waals surface area contributed by atoms with Crippen LogP contribution in [0.3, 0.4) is 0 Å². The predicted octanol–water partition coefficient (Wildman–Crippen LogP) is 4.03. The van der Waals surface area contributed by atoms with Gasteiger partial charge in [0.25, 0.3) is 5.69 Å². The molecule has 0 heterocycles. The molecular weight excluding hydrogens is 308 g/mol. The van der Waals surface area contributed by atoms with Gasteiger partial charge in [0.05, 0.1) is 4.92 Å². The second kappa shape index (κ2) is 6.48. The van der Waals surface area contributed by atoms with E-state index >= 15 is 0 Å². The van der Waals surface area contributed by atoms with E-state index in [0.29, 0.717) is 12.6 Å². The molecule has 0 aromatic heterocycles. The van der Waals surface area contributed by atoms with E-state index in [1.54, 1.807) is 6.07 Å². The standard InChI is InChI=1S/C14H19BrN2O2/c1-10-3-2-4-13(7-10)16-9-11-5-6-12(15)8-14(11)17(18)19/h5-6,8,10,13,16H,2-4,7,9H2,1H3. The molecule has 1 aromatic carbocycles. The van der Waals surface area contributed by atoms with Crippen LogP contribution < -0.4 is 5.32 Å². The van der Waals surface area contributed by atoms with E-state index in [1.165, 1.54) is 25.7 Å². The molecule has 104 valence electrons. The summed E-state index contributed by atoms with van der Waals surface area (Å²) in [5.74, 6) is 0.756. The maximum atomic E-state index is 11.0. The lowest BCUT2D eigenvalue weighted by Gasteiger charge is -2.27. The van der Waals surface area contributed by atoms with E-state index in [4.69, 9.17) is 0 Å². The van der Waals surface area contributed by atoms with Crippen LogP contribution in [0.4, 0.5) is 5.69 Å². The molecule has 0 radical (unpaired) electrons. The first-order chi connectivity index (χ1) is 9.06. The molecule has 19 heavy (non-hydrogen) atoms. The van der Waals surface area contributed by atoms with Crippen molar-refractivity contribution >= 4 is 21.6 Å². The van der Waals surface area contributed by atoms with Gasteiger partial charge in [0, 0.05) is 28.7 Å². The van der Waals surface area contributed by atoms with Gasteiger partial charge in [-0.05, 0) is 30.9 Å². The van der Waals surface area contributed by atoms with Crippen molar-refractivity contribution in [3.05, 3.63) is 38.3 Å². The maximum absolute atomic E-state index is 11.0. The van der Waals surface area contributed by atoms with Crippen molar-refractivity contribution in [3.63, 3.8) is 0 Å². The number of hydrogen-bond donors (Lipinski definition) is 1. The lowest BCUT2D eigenvalue weighted by molar-refractivity contribution is -0.385. The van der Waals surface area contributed by atoms with Crippen LogP contribution in [0.15, 0.2) is 22.7 Å². The molecule has 0 aliphatic heterocycles. The van der Waals surface area contributed by atoms with Crippen LogP contribution in [0.25, 0.3) is 0 Å². The van der Waals surface area contributed by atoms with E-state index in [2.05, 4.69) is 28.2 Å². The molecule has 1 aliphatic rings. The number of rotatable bonds is 4. The Morgan fingerprint density at radius 2 is 2.26 bits per heavy atom. The summed E-state index contributed by atoms with van der Waals surface area (Å²) in [6.45, 7) is 2.84. The number of nitro groups is 1. The highest BCUT2D eigenvalue weighted by Gasteiger charge is 2.20. The van der Waals surface area contributed by atoms with Gasteiger partial charge in [0.2, 0.25) is 0 Å². The van der Waals surface area contributed by atoms with Gasteiger partial charge in [0.1, 0.15) is 0 Å². The molecule has 0 bridgehead atoms. The minimum absolute atomic E-state index is 0.186. The summed E-state index contributed by atoms with van der Waals surface area (Å²) >= 11 is 3.28. The molecule has 1 saturated carbocycles. The summed E-state index contributed by atoms with van der Waals surface area (Å²) in [6.07, 6.45) is 4.90. The van der Waals surface area contributed by atoms with Gasteiger partial charge in [-0.1, -0.05) is 35.7 Å². The van der Waals surface area contributed by atoms with Crippen molar-refractivity contribution in [1.29, 1.82) is 0 Å². The van der Waals surface area contributed by atoms with Crippen LogP contribution in [0.2, 0.25) is 0 Å². The Hall–Kier alpha value is -0.940. The third kappa shape index (κ3) is 4.01. The zero-order chi connectivity index (χ0) is 13.8. The van der Waals surface area contributed by atoms with Crippen LogP contribution in [0.1, 0.15) is 38.2 Å². The van der Waals surface area contributed by atoms with Crippen molar-refractivity contribution in [3.8, 4) is 0 Å². The SMILES string of the molecule is CC1CCCC(NCc2ccc(Br)cc2[N+](=O)[O-])C1. The first-order valence-corrected chi connectivity index (χ1v) is 7.51. The summed E-state index contributed by atoms with van der Waals surface area (Å²) in [4.78, 5) is 10.7. The van der Waals surface area contributed by atoms with Crippen molar-refractivity contribution in [2.45, 2.75) is 45.2 Å². The highest BCUT2D eigenvalue weighted by atomic mass is 79.9. The second-order valence-electron chi connectivity index (χ2n) is 5.38. The first kappa shape index (κ1) is 14.5. The van der Waals surface area contributed by atoms with Crippen LogP contribution in [0, 0.1) is 16.0 Å². The van der Waals surface area contributed by atoms with Gasteiger partial charge in [-0.2, -0.15) is 0 Å². The van der Waals surface area contributed by atoms with Crippen molar-refractivity contribution in [2.24, 2.45) is 5.92 Å². The van der Waals surface area contributed by atoms with Gasteiger partial charge in [0.15, 0.2) is 0 Å². The summed E-state index contributed by atoms with van der Waals surface area (Å²) in [5.41, 5.74) is 0.942. The Morgan fingerprint density at radius 3 is 2.95 bits per heavy atom. The molecule has 5 heteroatoms. The van der Waals surface area contributed by atoms with E-state index in [-0.39, 0.29) is 10.6 Å². The number of nitrogens with zero attached hydrogens (tertiary/aromatic N) is 1. The van der Waals surface area contributed by atoms with Gasteiger partial charge in [-0.3, -0.25) is 10.1 Å². The first-order valence-electron chi connectivity index (χ1n) is 6.72. The van der Waals surface area contributed by atoms with Gasteiger partial charge in [-0.25, -0.2) is 0 Å². The predicted molar refractivity (Wildman–Crippen MR) is 79.1 cm³/mol. The minimum Gasteiger partial charge on any atom is -0.310 e. The van der Waals surface area contributed by atoms with Gasteiger partial charge in [-0.15, -0.1) is 0 Å². The normalized spacial score (nSPS) is 23.3. The molecule has 1 aliphatic carbocycles. The zero-order valence-corrected chi connectivity index (χ0v) is 12.6. The summed E-state index contributed by atoms with van der Waals surface area (Å²) < 4.78 is 0.745. The minimum atomic E-state index is -0.314. The molecule has 1 fully saturated rings. The topological polar surface area (TPSA) is 55.2 Å². The maximum Gasteiger partial charge on any atom is 0.275 e. The second-order valence-corrected chi connectivity index (χ2v) is 6.30. The third-order valence-electron chi connectivity index (χ3n) is 3.76. The smallest absolute Gasteiger partial charge is 0.275 e. The molecule has 2 atom stereocenters. The number of hydrogen-bond acceptors (Lipinski definition) is 3. The summed E-state index contributed by atoms with van der Waals surface area (Å²) in [7, 11) is 0. The van der Waals surface area contributed by atoms with Crippen LogP contribution in [0.5, 0.6) is 0 Å². The fraction of sp³-hybridized carbons (Fsp3) is 0.571. The fourth-order valence-electron chi connectivity index (χ4n) is 2.73. The Morgan fingerprint density at radius 1 is 1.47 bits per heavy atom. The highest BCUT2D eigenvalue weighted by molar-refractivity contribution is 9.10. The van der Waals surface area contributed by atoms with Crippen molar-refractivity contribution in [2.75, 3.05) is 0 Å². The van der Waals surface area contributed by atoms with Crippen molar-refractivity contribution < 1.29 is 4.92 Å². The largest absolute Gasteiger partial charge is 0.310 e. The molecular formula is C14H19BrN2O2. The Bertz CT molecular complexity index is 465. The summed E-state index contributed by atoms with van der Waals surface area (Å²) in [6, 6.07) is 5.74. The Kier molecular flexibility index (Phi) is 4.93. The van der Waals surface area contributed by atoms with Crippen LogP contribution >= 0.6 is 15.9 Å². The molecule has 2 unspecified atom stereocenters. The number of benzene rings is 1. The van der Waals surface area contributed by atoms with Crippen LogP contribution in [-0.2, 0) is 6.54 Å². The molecule has 4 nitrogen and oxygen atoms in total. The lowest BCUT2D eigenvalue weighted by Crippen LogP contribution is -2.33. The van der Waals surface area contributed by atoms with Gasteiger partial charge >= 0.3 is 0 Å². The molecule has 0 saturated heterocycles. The van der Waals surface area contributed by atoms with E-state index < -0.39 is 0 Å². The molecule has 0 spiro atoms. The fourth-order valence-corrected chi connectivity index (χ4v) is 3.08. The summed E-state index contributed by atoms with van der Waals surface area (Å²) in [5, 5.41) is 14.5. The van der Waals surface area contributed by atoms with Gasteiger partial charge < -0.3 is 5.32 Å². The highest BCUT2D eigenvalue weighted by Crippen LogP contribution is 2.26. The Labute approximate surface area is 121 Å². The molecule has 0 amide bonds. The van der Waals surface area contributed by atoms with Crippen LogP contribution in [-0.4, -0.2) is 11.0 Å². The number of nitro benzene ring substituents is 1. The average molecular weight is 327 g/mol. The third-order valence-corrected chi connectivity index (χ3v) is 4.25. The van der Waals surface area contributed by atoms with E-state index in [1.807, 2.05) is 12.1 Å². The monoisotopic (exact) mass is 326 g/mol. The lowest BCUT2D eigenvalue weighted by atomic mass is 9.87. The zero-order valence-electron chi connectivity index (χ0n) is 11.1. The molecule has 1 N–H and O–H groups in total. The van der Waals surface area contributed by atoms with Crippen molar-refractivity contribution in [1.82, 2.24) is 5.32 Å². The van der Waals surface area contributed by atoms with E-state index in [0.717, 1.165) is 16.0 Å². The van der Waals surface area contributed by atoms with E-state index in [9.17, 15) is 10.1 Å². The molecule has 2 rings (SSSR count). The Balaban J connectivity index is 2.01. The quantitative estimate of drug-likeness (QED) is 0.671. The number of halogens is 1. The average Bonchev–Trinajstić information content (AvgIpc) is 2.37. The number of nitrogens with one attached hydrogen (secondary N) is 1. The molecule has 1 aromatic rings.